The van der Waals surface area contributed by atoms with Crippen molar-refractivity contribution in [1.82, 2.24) is 0 Å². The molecule has 0 amide bonds. The van der Waals surface area contributed by atoms with E-state index in [-0.39, 0.29) is 0 Å². The second kappa shape index (κ2) is 9.71. The van der Waals surface area contributed by atoms with Gasteiger partial charge in [-0.1, -0.05) is 71.6 Å². The number of unbranched alkanes of at least 4 members (excludes halogenated alkanes) is 5. The maximum Gasteiger partial charge on any atom is 0.0440 e. The van der Waals surface area contributed by atoms with Gasteiger partial charge >= 0.3 is 0 Å². The molecule has 0 saturated carbocycles. The fourth-order valence-electron chi connectivity index (χ4n) is 2.79. The molecule has 0 saturated heterocycles. The molecule has 0 heterocycles. The summed E-state index contributed by atoms with van der Waals surface area (Å²) in [5, 5.41) is 0. The van der Waals surface area contributed by atoms with Crippen LogP contribution in [-0.2, 0) is 0 Å². The summed E-state index contributed by atoms with van der Waals surface area (Å²) < 4.78 is 0. The first-order valence-electron chi connectivity index (χ1n) is 9.01. The lowest BCUT2D eigenvalue weighted by atomic mass is 10.0. The highest BCUT2D eigenvalue weighted by molar-refractivity contribution is 5.58. The Kier molecular flexibility index (Phi) is 8.30. The fraction of sp³-hybridized carbons (Fsp3) is 0.619. The van der Waals surface area contributed by atoms with Crippen LogP contribution in [-0.4, -0.2) is 6.54 Å². The molecule has 0 fully saturated rings. The first-order valence-corrected chi connectivity index (χ1v) is 9.01. The summed E-state index contributed by atoms with van der Waals surface area (Å²) in [7, 11) is 0. The number of aryl methyl sites for hydroxylation is 2. The van der Waals surface area contributed by atoms with Gasteiger partial charge in [-0.05, 0) is 43.4 Å². The number of allylic oxidation sites excluding steroid dienone is 1. The number of rotatable bonds is 10. The number of anilines is 1. The molecular weight excluding hydrogens is 266 g/mol. The zero-order chi connectivity index (χ0) is 16.5. The smallest absolute Gasteiger partial charge is 0.0440 e. The molecule has 0 N–H and O–H groups in total. The monoisotopic (exact) mass is 301 g/mol. The highest BCUT2D eigenvalue weighted by Crippen LogP contribution is 2.28. The average Bonchev–Trinajstić information content (AvgIpc) is 2.49. The van der Waals surface area contributed by atoms with Crippen molar-refractivity contribution in [2.45, 2.75) is 73.1 Å². The molecule has 0 aliphatic carbocycles. The third-order valence-electron chi connectivity index (χ3n) is 4.40. The zero-order valence-electron chi connectivity index (χ0n) is 15.4. The molecule has 0 aliphatic rings. The van der Waals surface area contributed by atoms with Crippen LogP contribution in [0.2, 0.25) is 0 Å². The first-order chi connectivity index (χ1) is 10.5. The summed E-state index contributed by atoms with van der Waals surface area (Å²) in [6, 6.07) is 6.73. The van der Waals surface area contributed by atoms with Gasteiger partial charge in [0.1, 0.15) is 0 Å². The molecule has 1 rings (SSSR count). The average molecular weight is 302 g/mol. The van der Waals surface area contributed by atoms with Crippen molar-refractivity contribution < 1.29 is 0 Å². The molecule has 0 bridgehead atoms. The molecule has 22 heavy (non-hydrogen) atoms. The van der Waals surface area contributed by atoms with Crippen molar-refractivity contribution in [2.24, 2.45) is 5.92 Å². The van der Waals surface area contributed by atoms with E-state index in [1.807, 2.05) is 0 Å². The van der Waals surface area contributed by atoms with E-state index >= 15 is 0 Å². The molecule has 0 radical (unpaired) electrons. The fourth-order valence-corrected chi connectivity index (χ4v) is 2.79. The maximum absolute atomic E-state index is 4.36. The van der Waals surface area contributed by atoms with E-state index in [4.69, 9.17) is 0 Å². The third kappa shape index (κ3) is 5.87. The van der Waals surface area contributed by atoms with Crippen LogP contribution in [0.4, 0.5) is 5.69 Å². The Hall–Kier alpha value is -1.24. The molecule has 1 aromatic carbocycles. The van der Waals surface area contributed by atoms with E-state index in [0.717, 1.165) is 6.54 Å². The van der Waals surface area contributed by atoms with Gasteiger partial charge in [0.15, 0.2) is 0 Å². The Bertz CT molecular complexity index is 459. The number of hydrogen-bond acceptors (Lipinski definition) is 1. The predicted octanol–water partition coefficient (Wildman–Crippen LogP) is 6.64. The Morgan fingerprint density at radius 3 is 2.32 bits per heavy atom. The van der Waals surface area contributed by atoms with Crippen LogP contribution < -0.4 is 4.90 Å². The normalized spacial score (nSPS) is 11.0. The molecule has 0 spiro atoms. The number of nitrogens with zero attached hydrogens (tertiary/aromatic N) is 1. The molecule has 0 aliphatic heterocycles. The van der Waals surface area contributed by atoms with Crippen LogP contribution in [0.5, 0.6) is 0 Å². The van der Waals surface area contributed by atoms with Crippen molar-refractivity contribution in [3.05, 3.63) is 41.6 Å². The van der Waals surface area contributed by atoms with Gasteiger partial charge in [-0.3, -0.25) is 0 Å². The highest BCUT2D eigenvalue weighted by atomic mass is 15.1. The minimum absolute atomic E-state index is 0.486. The van der Waals surface area contributed by atoms with Gasteiger partial charge < -0.3 is 4.90 Å². The van der Waals surface area contributed by atoms with E-state index in [9.17, 15) is 0 Å². The van der Waals surface area contributed by atoms with Gasteiger partial charge in [0.05, 0.1) is 0 Å². The van der Waals surface area contributed by atoms with Crippen molar-refractivity contribution in [2.75, 3.05) is 11.4 Å². The van der Waals surface area contributed by atoms with Gasteiger partial charge in [-0.2, -0.15) is 0 Å². The SMILES string of the molecule is C=C(C(C)C)N(CCCCCCCC)c1cc(C)ccc1C. The first kappa shape index (κ1) is 18.8. The van der Waals surface area contributed by atoms with Crippen LogP contribution in [0.1, 0.15) is 70.4 Å². The van der Waals surface area contributed by atoms with Gasteiger partial charge in [-0.15, -0.1) is 0 Å². The summed E-state index contributed by atoms with van der Waals surface area (Å²) in [6.45, 7) is 16.6. The molecule has 1 nitrogen and oxygen atoms in total. The second-order valence-electron chi connectivity index (χ2n) is 6.86. The number of benzene rings is 1. The second-order valence-corrected chi connectivity index (χ2v) is 6.86. The van der Waals surface area contributed by atoms with Crippen molar-refractivity contribution >= 4 is 5.69 Å². The van der Waals surface area contributed by atoms with Gasteiger partial charge in [0.25, 0.3) is 0 Å². The molecule has 124 valence electrons. The van der Waals surface area contributed by atoms with E-state index < -0.39 is 0 Å². The molecule has 0 aromatic heterocycles. The summed E-state index contributed by atoms with van der Waals surface area (Å²) in [6.07, 6.45) is 8.02. The van der Waals surface area contributed by atoms with Crippen LogP contribution >= 0.6 is 0 Å². The standard InChI is InChI=1S/C21H35N/c1-7-8-9-10-11-12-15-22(20(6)17(2)3)21-16-18(4)13-14-19(21)5/h13-14,16-17H,6-12,15H2,1-5H3. The number of hydrogen-bond donors (Lipinski definition) is 0. The Labute approximate surface area is 138 Å². The Morgan fingerprint density at radius 2 is 1.68 bits per heavy atom. The molecule has 1 heteroatoms. The van der Waals surface area contributed by atoms with Crippen LogP contribution in [0.3, 0.4) is 0 Å². The molecule has 0 unspecified atom stereocenters. The highest BCUT2D eigenvalue weighted by Gasteiger charge is 2.15. The van der Waals surface area contributed by atoms with E-state index in [0.29, 0.717) is 5.92 Å². The van der Waals surface area contributed by atoms with Crippen molar-refractivity contribution in [3.63, 3.8) is 0 Å². The lowest BCUT2D eigenvalue weighted by Crippen LogP contribution is -2.26. The van der Waals surface area contributed by atoms with Gasteiger partial charge in [0, 0.05) is 17.9 Å². The molecule has 0 atom stereocenters. The topological polar surface area (TPSA) is 3.24 Å². The summed E-state index contributed by atoms with van der Waals surface area (Å²) in [5.74, 6) is 0.486. The van der Waals surface area contributed by atoms with Gasteiger partial charge in [0.2, 0.25) is 0 Å². The van der Waals surface area contributed by atoms with Gasteiger partial charge in [-0.25, -0.2) is 0 Å². The largest absolute Gasteiger partial charge is 0.345 e. The minimum Gasteiger partial charge on any atom is -0.345 e. The Balaban J connectivity index is 2.73. The summed E-state index contributed by atoms with van der Waals surface area (Å²) in [4.78, 5) is 2.45. The van der Waals surface area contributed by atoms with E-state index in [1.165, 1.54) is 61.0 Å². The van der Waals surface area contributed by atoms with Crippen molar-refractivity contribution in [3.8, 4) is 0 Å². The predicted molar refractivity (Wildman–Crippen MR) is 101 cm³/mol. The quantitative estimate of drug-likeness (QED) is 0.438. The summed E-state index contributed by atoms with van der Waals surface area (Å²) >= 11 is 0. The lowest BCUT2D eigenvalue weighted by Gasteiger charge is -2.31. The Morgan fingerprint density at radius 1 is 1.05 bits per heavy atom. The van der Waals surface area contributed by atoms with Crippen LogP contribution in [0.15, 0.2) is 30.5 Å². The molecule has 1 aromatic rings. The van der Waals surface area contributed by atoms with E-state index in [1.54, 1.807) is 0 Å². The van der Waals surface area contributed by atoms with Crippen LogP contribution in [0.25, 0.3) is 0 Å². The lowest BCUT2D eigenvalue weighted by molar-refractivity contribution is 0.597. The van der Waals surface area contributed by atoms with Crippen LogP contribution in [0, 0.1) is 19.8 Å². The summed E-state index contributed by atoms with van der Waals surface area (Å²) in [5.41, 5.74) is 5.25. The van der Waals surface area contributed by atoms with E-state index in [2.05, 4.69) is 64.3 Å². The van der Waals surface area contributed by atoms with Crippen molar-refractivity contribution in [1.29, 1.82) is 0 Å². The molecular formula is C21H35N. The zero-order valence-corrected chi connectivity index (χ0v) is 15.4. The third-order valence-corrected chi connectivity index (χ3v) is 4.40. The maximum atomic E-state index is 4.36. The minimum atomic E-state index is 0.486.